The fraction of sp³-hybridized carbons (Fsp3) is 0.143. The number of halogens is 1. The highest BCUT2D eigenvalue weighted by Gasteiger charge is 2.24. The van der Waals surface area contributed by atoms with Crippen molar-refractivity contribution in [1.82, 2.24) is 10.2 Å². The van der Waals surface area contributed by atoms with Crippen LogP contribution in [-0.2, 0) is 4.79 Å². The van der Waals surface area contributed by atoms with Gasteiger partial charge in [-0.2, -0.15) is 5.10 Å². The summed E-state index contributed by atoms with van der Waals surface area (Å²) in [5.41, 5.74) is 4.16. The topological polar surface area (TPSA) is 85.5 Å². The number of hydrogen-bond donors (Lipinski definition) is 2. The van der Waals surface area contributed by atoms with Crippen molar-refractivity contribution in [2.24, 2.45) is 0 Å². The molecule has 0 spiro atoms. The standard InChI is InChI=1S/C21H18ClN3O4/c1-27-18-6-11(7-19(28-2)20(18)29-3)16-10-13(24-25-16)9-15-14-5-4-12(22)8-17(14)23-21(15)26/h4-10H,1-3H3,(H,23,26)(H,24,25)/b15-9-. The molecule has 4 rings (SSSR count). The fourth-order valence-corrected chi connectivity index (χ4v) is 3.43. The van der Waals surface area contributed by atoms with Crippen molar-refractivity contribution in [3.05, 3.63) is 52.7 Å². The highest BCUT2D eigenvalue weighted by molar-refractivity contribution is 6.36. The van der Waals surface area contributed by atoms with Crippen LogP contribution in [0, 0.1) is 0 Å². The van der Waals surface area contributed by atoms with Gasteiger partial charge in [-0.25, -0.2) is 0 Å². The second-order valence-corrected chi connectivity index (χ2v) is 6.76. The first-order chi connectivity index (χ1) is 14.0. The number of hydrogen-bond acceptors (Lipinski definition) is 5. The Morgan fingerprint density at radius 3 is 2.38 bits per heavy atom. The summed E-state index contributed by atoms with van der Waals surface area (Å²) in [4.78, 5) is 12.4. The maximum atomic E-state index is 12.4. The molecule has 0 radical (unpaired) electrons. The number of H-pyrrole nitrogens is 1. The molecule has 8 heteroatoms. The van der Waals surface area contributed by atoms with Crippen LogP contribution in [0.25, 0.3) is 22.9 Å². The molecule has 1 aromatic heterocycles. The molecule has 2 aromatic carbocycles. The van der Waals surface area contributed by atoms with E-state index >= 15 is 0 Å². The molecule has 1 aliphatic rings. The van der Waals surface area contributed by atoms with Gasteiger partial charge in [-0.1, -0.05) is 17.7 Å². The van der Waals surface area contributed by atoms with E-state index in [-0.39, 0.29) is 5.91 Å². The average molecular weight is 412 g/mol. The molecule has 29 heavy (non-hydrogen) atoms. The maximum Gasteiger partial charge on any atom is 0.256 e. The number of amides is 1. The van der Waals surface area contributed by atoms with E-state index in [9.17, 15) is 4.79 Å². The van der Waals surface area contributed by atoms with Crippen molar-refractivity contribution in [3.63, 3.8) is 0 Å². The van der Waals surface area contributed by atoms with Crippen LogP contribution in [0.1, 0.15) is 11.3 Å². The zero-order valence-corrected chi connectivity index (χ0v) is 16.8. The number of aromatic amines is 1. The van der Waals surface area contributed by atoms with Gasteiger partial charge in [0.1, 0.15) is 0 Å². The molecule has 0 unspecified atom stereocenters. The van der Waals surface area contributed by atoms with Crippen molar-refractivity contribution in [2.75, 3.05) is 26.6 Å². The summed E-state index contributed by atoms with van der Waals surface area (Å²) in [6, 6.07) is 10.8. The number of anilines is 1. The number of rotatable bonds is 5. The normalized spacial score (nSPS) is 13.9. The smallest absolute Gasteiger partial charge is 0.256 e. The molecule has 0 saturated carbocycles. The summed E-state index contributed by atoms with van der Waals surface area (Å²) in [6.45, 7) is 0. The molecule has 0 saturated heterocycles. The van der Waals surface area contributed by atoms with E-state index in [2.05, 4.69) is 15.5 Å². The summed E-state index contributed by atoms with van der Waals surface area (Å²) in [5, 5.41) is 10.7. The van der Waals surface area contributed by atoms with Crippen LogP contribution in [0.5, 0.6) is 17.2 Å². The number of carbonyl (C=O) groups is 1. The van der Waals surface area contributed by atoms with Crippen LogP contribution in [0.15, 0.2) is 36.4 Å². The molecule has 2 heterocycles. The first-order valence-electron chi connectivity index (χ1n) is 8.72. The molecule has 0 atom stereocenters. The third-order valence-electron chi connectivity index (χ3n) is 4.62. The highest BCUT2D eigenvalue weighted by atomic mass is 35.5. The summed E-state index contributed by atoms with van der Waals surface area (Å²) in [7, 11) is 4.67. The lowest BCUT2D eigenvalue weighted by Gasteiger charge is -2.13. The Morgan fingerprint density at radius 2 is 1.72 bits per heavy atom. The van der Waals surface area contributed by atoms with Crippen molar-refractivity contribution >= 4 is 34.8 Å². The van der Waals surface area contributed by atoms with Gasteiger partial charge >= 0.3 is 0 Å². The first-order valence-corrected chi connectivity index (χ1v) is 9.10. The first kappa shape index (κ1) is 18.9. The Morgan fingerprint density at radius 1 is 1.00 bits per heavy atom. The third-order valence-corrected chi connectivity index (χ3v) is 4.86. The second kappa shape index (κ2) is 7.52. The molecular weight excluding hydrogens is 394 g/mol. The molecule has 1 aliphatic heterocycles. The molecule has 0 aliphatic carbocycles. The van der Waals surface area contributed by atoms with Gasteiger partial charge in [0.15, 0.2) is 11.5 Å². The van der Waals surface area contributed by atoms with E-state index in [1.807, 2.05) is 24.3 Å². The minimum Gasteiger partial charge on any atom is -0.493 e. The number of ether oxygens (including phenoxy) is 3. The van der Waals surface area contributed by atoms with Crippen LogP contribution in [0.2, 0.25) is 5.02 Å². The van der Waals surface area contributed by atoms with Gasteiger partial charge in [-0.15, -0.1) is 0 Å². The minimum absolute atomic E-state index is 0.189. The van der Waals surface area contributed by atoms with E-state index in [1.165, 1.54) is 0 Å². The number of nitrogens with one attached hydrogen (secondary N) is 2. The van der Waals surface area contributed by atoms with Crippen LogP contribution in [-0.4, -0.2) is 37.4 Å². The van der Waals surface area contributed by atoms with Gasteiger partial charge in [-0.3, -0.25) is 9.89 Å². The SMILES string of the molecule is COc1cc(-c2cc(/C=C3\C(=O)Nc4cc(Cl)ccc43)[nH]n2)cc(OC)c1OC. The van der Waals surface area contributed by atoms with E-state index in [1.54, 1.807) is 39.5 Å². The third kappa shape index (κ3) is 3.40. The van der Waals surface area contributed by atoms with Crippen LogP contribution >= 0.6 is 11.6 Å². The van der Waals surface area contributed by atoms with Crippen LogP contribution in [0.4, 0.5) is 5.69 Å². The van der Waals surface area contributed by atoms with Crippen molar-refractivity contribution in [1.29, 1.82) is 0 Å². The highest BCUT2D eigenvalue weighted by Crippen LogP contribution is 2.41. The molecule has 7 nitrogen and oxygen atoms in total. The van der Waals surface area contributed by atoms with Gasteiger partial charge in [0, 0.05) is 16.1 Å². The minimum atomic E-state index is -0.189. The lowest BCUT2D eigenvalue weighted by atomic mass is 10.1. The van der Waals surface area contributed by atoms with Crippen molar-refractivity contribution in [2.45, 2.75) is 0 Å². The molecule has 0 fully saturated rings. The van der Waals surface area contributed by atoms with Gasteiger partial charge in [0.25, 0.3) is 5.91 Å². The largest absolute Gasteiger partial charge is 0.493 e. The van der Waals surface area contributed by atoms with E-state index in [0.29, 0.717) is 44.9 Å². The van der Waals surface area contributed by atoms with Gasteiger partial charge in [0.2, 0.25) is 5.75 Å². The number of aromatic nitrogens is 2. The Bertz CT molecular complexity index is 1110. The lowest BCUT2D eigenvalue weighted by Crippen LogP contribution is -2.03. The lowest BCUT2D eigenvalue weighted by molar-refractivity contribution is -0.110. The summed E-state index contributed by atoms with van der Waals surface area (Å²) < 4.78 is 16.2. The molecular formula is C21H18ClN3O4. The Labute approximate surface area is 172 Å². The van der Waals surface area contributed by atoms with E-state index in [4.69, 9.17) is 25.8 Å². The van der Waals surface area contributed by atoms with Crippen LogP contribution < -0.4 is 19.5 Å². The second-order valence-electron chi connectivity index (χ2n) is 6.32. The zero-order valence-electron chi connectivity index (χ0n) is 16.0. The number of benzene rings is 2. The zero-order chi connectivity index (χ0) is 20.5. The van der Waals surface area contributed by atoms with Crippen molar-refractivity contribution < 1.29 is 19.0 Å². The predicted molar refractivity (Wildman–Crippen MR) is 112 cm³/mol. The van der Waals surface area contributed by atoms with E-state index < -0.39 is 0 Å². The number of nitrogens with zero attached hydrogens (tertiary/aromatic N) is 1. The molecule has 0 bridgehead atoms. The Kier molecular flexibility index (Phi) is 4.90. The quantitative estimate of drug-likeness (QED) is 0.613. The van der Waals surface area contributed by atoms with E-state index in [0.717, 1.165) is 11.1 Å². The Hall–Kier alpha value is -3.45. The predicted octanol–water partition coefficient (Wildman–Crippen LogP) is 4.25. The average Bonchev–Trinajstić information content (AvgIpc) is 3.31. The molecule has 1 amide bonds. The molecule has 148 valence electrons. The summed E-state index contributed by atoms with van der Waals surface area (Å²) >= 11 is 6.00. The number of fused-ring (bicyclic) bond motifs is 1. The number of methoxy groups -OCH3 is 3. The van der Waals surface area contributed by atoms with Gasteiger partial charge in [-0.05, 0) is 36.4 Å². The molecule has 2 N–H and O–H groups in total. The maximum absolute atomic E-state index is 12.4. The van der Waals surface area contributed by atoms with Gasteiger partial charge < -0.3 is 19.5 Å². The monoisotopic (exact) mass is 411 g/mol. The molecule has 3 aromatic rings. The summed E-state index contributed by atoms with van der Waals surface area (Å²) in [5.74, 6) is 1.39. The van der Waals surface area contributed by atoms with Crippen molar-refractivity contribution in [3.8, 4) is 28.5 Å². The fourth-order valence-electron chi connectivity index (χ4n) is 3.25. The summed E-state index contributed by atoms with van der Waals surface area (Å²) in [6.07, 6.45) is 1.75. The van der Waals surface area contributed by atoms with Gasteiger partial charge in [0.05, 0.1) is 44.0 Å². The van der Waals surface area contributed by atoms with Crippen LogP contribution in [0.3, 0.4) is 0 Å². The Balaban J connectivity index is 1.72. The number of carbonyl (C=O) groups excluding carboxylic acids is 1.